The van der Waals surface area contributed by atoms with Gasteiger partial charge in [-0.05, 0) is 0 Å². The molecule has 0 aliphatic carbocycles. The van der Waals surface area contributed by atoms with Gasteiger partial charge in [-0.15, -0.1) is 0 Å². The summed E-state index contributed by atoms with van der Waals surface area (Å²) in [5, 5.41) is 1.45. The van der Waals surface area contributed by atoms with Crippen LogP contribution in [0.15, 0.2) is 30.3 Å². The number of hydrogen-bond donors (Lipinski definition) is 0. The largest absolute Gasteiger partial charge is 0.111 e. The van der Waals surface area contributed by atoms with Gasteiger partial charge in [-0.3, -0.25) is 0 Å². The Morgan fingerprint density at radius 1 is 1.18 bits per heavy atom. The molecule has 0 N–H and O–H groups in total. The van der Waals surface area contributed by atoms with Gasteiger partial charge in [0.15, 0.2) is 0 Å². The van der Waals surface area contributed by atoms with Crippen LogP contribution in [0.5, 0.6) is 0 Å². The van der Waals surface area contributed by atoms with Gasteiger partial charge in [0.2, 0.25) is 0 Å². The van der Waals surface area contributed by atoms with E-state index < -0.39 is 8.80 Å². The van der Waals surface area contributed by atoms with Crippen LogP contribution in [0, 0.1) is 0 Å². The van der Waals surface area contributed by atoms with Gasteiger partial charge in [0, 0.05) is 0 Å². The van der Waals surface area contributed by atoms with Crippen LogP contribution >= 0.6 is 31.9 Å². The van der Waals surface area contributed by atoms with Gasteiger partial charge in [0.25, 0.3) is 0 Å². The van der Waals surface area contributed by atoms with E-state index in [9.17, 15) is 0 Å². The van der Waals surface area contributed by atoms with Crippen molar-refractivity contribution in [2.75, 3.05) is 0 Å². The highest BCUT2D eigenvalue weighted by Gasteiger charge is 2.13. The minimum Gasteiger partial charge on any atom is -0.0801 e. The van der Waals surface area contributed by atoms with E-state index in [-0.39, 0.29) is 0 Å². The van der Waals surface area contributed by atoms with Crippen molar-refractivity contribution in [1.29, 1.82) is 0 Å². The van der Waals surface area contributed by atoms with Gasteiger partial charge in [-0.2, -0.15) is 0 Å². The summed E-state index contributed by atoms with van der Waals surface area (Å²) in [5.74, 6) is 0. The van der Waals surface area contributed by atoms with Crippen LogP contribution in [0.25, 0.3) is 0 Å². The van der Waals surface area contributed by atoms with Gasteiger partial charge >= 0.3 is 0 Å². The topological polar surface area (TPSA) is 0 Å². The molecule has 11 heavy (non-hydrogen) atoms. The molecular formula is C8H9Br2Si. The standard InChI is InChI=1S/C8H9Br2Si/c1-11(8(9)10)7-5-3-2-4-6-7/h2-6,8H,1H3. The SMILES string of the molecule is C[Si](c1ccccc1)C(Br)Br. The van der Waals surface area contributed by atoms with Crippen molar-refractivity contribution in [3.05, 3.63) is 30.3 Å². The van der Waals surface area contributed by atoms with E-state index in [1.165, 1.54) is 5.19 Å². The fraction of sp³-hybridized carbons (Fsp3) is 0.250. The third kappa shape index (κ3) is 2.73. The van der Waals surface area contributed by atoms with Crippen LogP contribution in [-0.4, -0.2) is 12.2 Å². The Bertz CT molecular complexity index is 211. The molecule has 0 aliphatic rings. The predicted octanol–water partition coefficient (Wildman–Crippen LogP) is 2.67. The molecule has 0 fully saturated rings. The third-order valence-corrected chi connectivity index (χ3v) is 7.58. The van der Waals surface area contributed by atoms with E-state index in [1.807, 2.05) is 0 Å². The lowest BCUT2D eigenvalue weighted by atomic mass is 10.4. The summed E-state index contributed by atoms with van der Waals surface area (Å²) in [6.07, 6.45) is 0. The zero-order valence-electron chi connectivity index (χ0n) is 6.22. The number of rotatable bonds is 2. The number of hydrogen-bond acceptors (Lipinski definition) is 0. The number of benzene rings is 1. The lowest BCUT2D eigenvalue weighted by Crippen LogP contribution is -2.32. The average molecular weight is 293 g/mol. The average Bonchev–Trinajstić information content (AvgIpc) is 2.05. The summed E-state index contributed by atoms with van der Waals surface area (Å²) in [6, 6.07) is 10.6. The molecule has 0 spiro atoms. The molecule has 0 saturated carbocycles. The fourth-order valence-electron chi connectivity index (χ4n) is 0.827. The second-order valence-electron chi connectivity index (χ2n) is 2.35. The molecule has 1 aromatic carbocycles. The molecule has 0 amide bonds. The van der Waals surface area contributed by atoms with E-state index in [2.05, 4.69) is 68.7 Å². The Balaban J connectivity index is 2.77. The maximum Gasteiger partial charge on any atom is 0.111 e. The molecule has 3 heteroatoms. The summed E-state index contributed by atoms with van der Waals surface area (Å²) in [4.78, 5) is 0. The Morgan fingerprint density at radius 2 is 1.73 bits per heavy atom. The van der Waals surface area contributed by atoms with E-state index in [1.54, 1.807) is 0 Å². The highest BCUT2D eigenvalue weighted by atomic mass is 79.9. The number of alkyl halides is 2. The van der Waals surface area contributed by atoms with Crippen molar-refractivity contribution in [3.8, 4) is 0 Å². The second kappa shape index (κ2) is 4.43. The lowest BCUT2D eigenvalue weighted by molar-refractivity contribution is 1.73. The van der Waals surface area contributed by atoms with E-state index in [4.69, 9.17) is 0 Å². The van der Waals surface area contributed by atoms with Crippen LogP contribution in [-0.2, 0) is 0 Å². The highest BCUT2D eigenvalue weighted by Crippen LogP contribution is 2.11. The van der Waals surface area contributed by atoms with Crippen molar-refractivity contribution < 1.29 is 0 Å². The maximum absolute atomic E-state index is 3.54. The molecule has 0 bridgehead atoms. The van der Waals surface area contributed by atoms with Crippen molar-refractivity contribution in [2.24, 2.45) is 0 Å². The van der Waals surface area contributed by atoms with Crippen molar-refractivity contribution in [1.82, 2.24) is 0 Å². The first-order chi connectivity index (χ1) is 5.22. The molecule has 0 atom stereocenters. The summed E-state index contributed by atoms with van der Waals surface area (Å²) in [5.41, 5.74) is 0. The Kier molecular flexibility index (Phi) is 3.82. The van der Waals surface area contributed by atoms with Crippen LogP contribution in [0.4, 0.5) is 0 Å². The molecule has 0 saturated heterocycles. The fourth-order valence-corrected chi connectivity index (χ4v) is 3.38. The second-order valence-corrected chi connectivity index (χ2v) is 9.62. The van der Waals surface area contributed by atoms with Gasteiger partial charge < -0.3 is 0 Å². The van der Waals surface area contributed by atoms with E-state index in [0.29, 0.717) is 3.36 Å². The Morgan fingerprint density at radius 3 is 2.18 bits per heavy atom. The summed E-state index contributed by atoms with van der Waals surface area (Å²) in [6.45, 7) is 2.29. The normalized spacial score (nSPS) is 11.0. The molecule has 1 radical (unpaired) electrons. The maximum atomic E-state index is 3.54. The molecule has 1 aromatic rings. The minimum atomic E-state index is -0.451. The molecule has 0 aromatic heterocycles. The smallest absolute Gasteiger partial charge is 0.0801 e. The van der Waals surface area contributed by atoms with Crippen LogP contribution in [0.3, 0.4) is 0 Å². The zero-order valence-corrected chi connectivity index (χ0v) is 10.4. The molecular weight excluding hydrogens is 284 g/mol. The number of halogens is 2. The van der Waals surface area contributed by atoms with E-state index >= 15 is 0 Å². The van der Waals surface area contributed by atoms with Crippen molar-refractivity contribution in [3.63, 3.8) is 0 Å². The highest BCUT2D eigenvalue weighted by molar-refractivity contribution is 9.25. The van der Waals surface area contributed by atoms with Crippen molar-refractivity contribution in [2.45, 2.75) is 9.91 Å². The lowest BCUT2D eigenvalue weighted by Gasteiger charge is -2.09. The Hall–Kier alpha value is 0.397. The third-order valence-electron chi connectivity index (χ3n) is 1.56. The van der Waals surface area contributed by atoms with Crippen LogP contribution < -0.4 is 5.19 Å². The van der Waals surface area contributed by atoms with Gasteiger partial charge in [0.1, 0.15) is 8.80 Å². The van der Waals surface area contributed by atoms with Crippen LogP contribution in [0.1, 0.15) is 0 Å². The summed E-state index contributed by atoms with van der Waals surface area (Å²) < 4.78 is 0.461. The first-order valence-electron chi connectivity index (χ1n) is 3.39. The first kappa shape index (κ1) is 9.48. The molecule has 0 aliphatic heterocycles. The Labute approximate surface area is 85.9 Å². The molecule has 0 heterocycles. The van der Waals surface area contributed by atoms with Gasteiger partial charge in [-0.25, -0.2) is 0 Å². The molecule has 0 nitrogen and oxygen atoms in total. The van der Waals surface area contributed by atoms with Crippen LogP contribution in [0.2, 0.25) is 6.55 Å². The molecule has 1 rings (SSSR count). The predicted molar refractivity (Wildman–Crippen MR) is 59.3 cm³/mol. The van der Waals surface area contributed by atoms with E-state index in [0.717, 1.165) is 0 Å². The first-order valence-corrected chi connectivity index (χ1v) is 7.29. The molecule has 59 valence electrons. The quantitative estimate of drug-likeness (QED) is 0.581. The van der Waals surface area contributed by atoms with Gasteiger partial charge in [0.05, 0.1) is 3.36 Å². The monoisotopic (exact) mass is 291 g/mol. The summed E-state index contributed by atoms with van der Waals surface area (Å²) >= 11 is 7.08. The van der Waals surface area contributed by atoms with Gasteiger partial charge in [-0.1, -0.05) is 73.9 Å². The van der Waals surface area contributed by atoms with Crippen molar-refractivity contribution >= 4 is 45.8 Å². The minimum absolute atomic E-state index is 0.451. The molecule has 0 unspecified atom stereocenters. The summed E-state index contributed by atoms with van der Waals surface area (Å²) in [7, 11) is -0.451. The zero-order chi connectivity index (χ0) is 8.27.